The monoisotopic (exact) mass is 447 g/mol. The van der Waals surface area contributed by atoms with Gasteiger partial charge in [-0.15, -0.1) is 0 Å². The summed E-state index contributed by atoms with van der Waals surface area (Å²) in [5, 5.41) is 0. The number of alkyl halides is 3. The van der Waals surface area contributed by atoms with Gasteiger partial charge in [0.25, 0.3) is 5.91 Å². The number of halogens is 3. The van der Waals surface area contributed by atoms with E-state index in [9.17, 15) is 18.0 Å². The number of benzene rings is 2. The fourth-order valence-corrected chi connectivity index (χ4v) is 4.10. The molecule has 8 heteroatoms. The summed E-state index contributed by atoms with van der Waals surface area (Å²) < 4.78 is 96.6. The zero-order valence-corrected chi connectivity index (χ0v) is 16.9. The summed E-state index contributed by atoms with van der Waals surface area (Å²) in [6.07, 6.45) is -4.23. The van der Waals surface area contributed by atoms with Crippen LogP contribution in [-0.2, 0) is 24.0 Å². The summed E-state index contributed by atoms with van der Waals surface area (Å²) in [5.74, 6) is -0.0795. The molecule has 2 aromatic carbocycles. The standard InChI is InChI=1S/C24H23F3N4O/c25-24(26,27)19-8-6-18(7-9-19)15-31-22(32)20-16-29(14-17-4-2-1-3-5-17)12-10-21(20)30-13-11-28-23(30)31/h1-9H,10-16H2/i1D,2D,3D,4D,5D,14D2. The Labute approximate surface area is 194 Å². The van der Waals surface area contributed by atoms with Crippen molar-refractivity contribution in [3.8, 4) is 0 Å². The van der Waals surface area contributed by atoms with Crippen LogP contribution < -0.4 is 0 Å². The molecule has 0 spiro atoms. The molecular formula is C24H23F3N4O. The molecule has 5 nitrogen and oxygen atoms in total. The Morgan fingerprint density at radius 2 is 1.81 bits per heavy atom. The van der Waals surface area contributed by atoms with E-state index < -0.39 is 59.9 Å². The molecule has 2 aromatic rings. The van der Waals surface area contributed by atoms with E-state index in [-0.39, 0.29) is 31.6 Å². The molecule has 5 rings (SSSR count). The topological polar surface area (TPSA) is 39.2 Å². The van der Waals surface area contributed by atoms with Gasteiger partial charge in [0.2, 0.25) is 5.96 Å². The van der Waals surface area contributed by atoms with Gasteiger partial charge >= 0.3 is 6.18 Å². The van der Waals surface area contributed by atoms with Gasteiger partial charge in [-0.05, 0) is 23.3 Å². The van der Waals surface area contributed by atoms with Crippen molar-refractivity contribution in [3.63, 3.8) is 0 Å². The van der Waals surface area contributed by atoms with Crippen LogP contribution in [0.5, 0.6) is 0 Å². The maximum Gasteiger partial charge on any atom is 0.416 e. The molecule has 0 fully saturated rings. The number of carbonyl (C=O) groups excluding carboxylic acids is 1. The Balaban J connectivity index is 1.47. The Morgan fingerprint density at radius 3 is 2.53 bits per heavy atom. The minimum absolute atomic E-state index is 0.0426. The van der Waals surface area contributed by atoms with E-state index in [4.69, 9.17) is 9.60 Å². The molecule has 3 aliphatic heterocycles. The Kier molecular flexibility index (Phi) is 3.57. The fourth-order valence-electron chi connectivity index (χ4n) is 4.10. The number of carbonyl (C=O) groups is 1. The predicted octanol–water partition coefficient (Wildman–Crippen LogP) is 3.88. The minimum Gasteiger partial charge on any atom is -0.314 e. The third-order valence-electron chi connectivity index (χ3n) is 5.60. The average molecular weight is 448 g/mol. The first-order valence-corrected chi connectivity index (χ1v) is 10.1. The molecular weight excluding hydrogens is 417 g/mol. The van der Waals surface area contributed by atoms with Crippen LogP contribution in [0.3, 0.4) is 0 Å². The molecule has 0 saturated carbocycles. The highest BCUT2D eigenvalue weighted by Gasteiger charge is 2.41. The van der Waals surface area contributed by atoms with E-state index in [0.29, 0.717) is 30.3 Å². The van der Waals surface area contributed by atoms with Crippen molar-refractivity contribution < 1.29 is 27.6 Å². The number of nitrogens with zero attached hydrogens (tertiary/aromatic N) is 4. The van der Waals surface area contributed by atoms with Crippen molar-refractivity contribution in [3.05, 3.63) is 82.4 Å². The number of hydrogen-bond donors (Lipinski definition) is 0. The van der Waals surface area contributed by atoms with Crippen molar-refractivity contribution in [2.45, 2.75) is 25.6 Å². The maximum absolute atomic E-state index is 13.7. The highest BCUT2D eigenvalue weighted by atomic mass is 19.4. The number of amides is 1. The van der Waals surface area contributed by atoms with Gasteiger partial charge in [-0.3, -0.25) is 19.6 Å². The molecule has 0 unspecified atom stereocenters. The first kappa shape index (κ1) is 14.1. The quantitative estimate of drug-likeness (QED) is 0.714. The first-order chi connectivity index (χ1) is 18.2. The Hall–Kier alpha value is -3.13. The fraction of sp³-hybridized carbons (Fsp3) is 0.333. The van der Waals surface area contributed by atoms with Crippen LogP contribution in [0.25, 0.3) is 0 Å². The predicted molar refractivity (Wildman–Crippen MR) is 114 cm³/mol. The highest BCUT2D eigenvalue weighted by molar-refractivity contribution is 6.09. The Bertz CT molecular complexity index is 1400. The molecule has 32 heavy (non-hydrogen) atoms. The summed E-state index contributed by atoms with van der Waals surface area (Å²) in [7, 11) is 0. The van der Waals surface area contributed by atoms with Gasteiger partial charge in [-0.25, -0.2) is 0 Å². The summed E-state index contributed by atoms with van der Waals surface area (Å²) in [4.78, 5) is 22.6. The van der Waals surface area contributed by atoms with Crippen molar-refractivity contribution in [2.24, 2.45) is 4.99 Å². The third kappa shape index (κ3) is 3.90. The van der Waals surface area contributed by atoms with Crippen LogP contribution >= 0.6 is 0 Å². The lowest BCUT2D eigenvalue weighted by molar-refractivity contribution is -0.137. The molecule has 0 aromatic heterocycles. The van der Waals surface area contributed by atoms with Gasteiger partial charge in [-0.1, -0.05) is 42.3 Å². The number of hydrogen-bond acceptors (Lipinski definition) is 4. The van der Waals surface area contributed by atoms with Crippen molar-refractivity contribution >= 4 is 11.9 Å². The molecule has 0 aliphatic carbocycles. The van der Waals surface area contributed by atoms with Gasteiger partial charge in [0.05, 0.1) is 31.1 Å². The van der Waals surface area contributed by atoms with Crippen LogP contribution in [0, 0.1) is 0 Å². The molecule has 3 heterocycles. The molecule has 1 amide bonds. The first-order valence-electron chi connectivity index (χ1n) is 13.6. The SMILES string of the molecule is [2H]c1c([2H])c([2H])c(C([2H])([2H])N2CCC3=C(C2)C(=O)N(Cc2ccc(C(F)(F)F)cc2)C2=NCCN23)c([2H])c1[2H]. The summed E-state index contributed by atoms with van der Waals surface area (Å²) in [6.45, 7) is -1.72. The molecule has 0 bridgehead atoms. The third-order valence-corrected chi connectivity index (χ3v) is 5.60. The second-order valence-corrected chi connectivity index (χ2v) is 7.63. The summed E-state index contributed by atoms with van der Waals surface area (Å²) in [5.41, 5.74) is 0.0834. The lowest BCUT2D eigenvalue weighted by Crippen LogP contribution is -2.53. The van der Waals surface area contributed by atoms with E-state index in [2.05, 4.69) is 4.99 Å². The normalized spacial score (nSPS) is 22.8. The average Bonchev–Trinajstić information content (AvgIpc) is 3.38. The van der Waals surface area contributed by atoms with Gasteiger partial charge in [0.15, 0.2) is 0 Å². The highest BCUT2D eigenvalue weighted by Crippen LogP contribution is 2.33. The lowest BCUT2D eigenvalue weighted by Gasteiger charge is -2.42. The number of fused-ring (bicyclic) bond motifs is 2. The molecule has 0 saturated heterocycles. The van der Waals surface area contributed by atoms with Crippen LogP contribution in [0.15, 0.2) is 70.7 Å². The lowest BCUT2D eigenvalue weighted by atomic mass is 10.00. The molecule has 0 N–H and O–H groups in total. The van der Waals surface area contributed by atoms with E-state index in [1.54, 1.807) is 0 Å². The zero-order valence-electron chi connectivity index (χ0n) is 23.9. The van der Waals surface area contributed by atoms with E-state index >= 15 is 0 Å². The van der Waals surface area contributed by atoms with Crippen LogP contribution in [0.2, 0.25) is 0 Å². The van der Waals surface area contributed by atoms with Crippen LogP contribution in [-0.4, -0.2) is 52.7 Å². The molecule has 0 radical (unpaired) electrons. The van der Waals surface area contributed by atoms with Crippen molar-refractivity contribution in [1.29, 1.82) is 0 Å². The summed E-state index contributed by atoms with van der Waals surface area (Å²) >= 11 is 0. The number of rotatable bonds is 4. The van der Waals surface area contributed by atoms with Crippen LogP contribution in [0.4, 0.5) is 13.2 Å². The molecule has 166 valence electrons. The number of guanidine groups is 1. The maximum atomic E-state index is 13.7. The van der Waals surface area contributed by atoms with E-state index in [1.807, 2.05) is 4.90 Å². The molecule has 3 aliphatic rings. The van der Waals surface area contributed by atoms with E-state index in [1.165, 1.54) is 21.9 Å². The van der Waals surface area contributed by atoms with Gasteiger partial charge in [0.1, 0.15) is 0 Å². The summed E-state index contributed by atoms with van der Waals surface area (Å²) in [6, 6.07) is 1.24. The second-order valence-electron chi connectivity index (χ2n) is 7.63. The van der Waals surface area contributed by atoms with Gasteiger partial charge in [0, 0.05) is 41.0 Å². The van der Waals surface area contributed by atoms with Gasteiger partial charge in [-0.2, -0.15) is 13.2 Å². The van der Waals surface area contributed by atoms with Crippen molar-refractivity contribution in [1.82, 2.24) is 14.7 Å². The minimum atomic E-state index is -4.49. The smallest absolute Gasteiger partial charge is 0.314 e. The second kappa shape index (κ2) is 8.09. The van der Waals surface area contributed by atoms with Crippen molar-refractivity contribution in [2.75, 3.05) is 26.2 Å². The van der Waals surface area contributed by atoms with E-state index in [0.717, 1.165) is 12.1 Å². The van der Waals surface area contributed by atoms with Crippen LogP contribution in [0.1, 0.15) is 32.7 Å². The number of aliphatic imine (C=N–C) groups is 1. The van der Waals surface area contributed by atoms with Gasteiger partial charge < -0.3 is 4.90 Å². The Morgan fingerprint density at radius 1 is 1.06 bits per heavy atom. The largest absolute Gasteiger partial charge is 0.416 e. The molecule has 0 atom stereocenters. The zero-order chi connectivity index (χ0) is 28.4.